The molecule has 19 heavy (non-hydrogen) atoms. The van der Waals surface area contributed by atoms with Crippen LogP contribution >= 0.6 is 0 Å². The molecule has 1 rings (SSSR count). The molecule has 1 atom stereocenters. The quantitative estimate of drug-likeness (QED) is 0.663. The van der Waals surface area contributed by atoms with Crippen LogP contribution < -0.4 is 4.74 Å². The van der Waals surface area contributed by atoms with Crippen molar-refractivity contribution >= 4 is 0 Å². The topological polar surface area (TPSA) is 52.9 Å². The third-order valence-electron chi connectivity index (χ3n) is 2.85. The summed E-state index contributed by atoms with van der Waals surface area (Å²) in [5.41, 5.74) is 1.07. The van der Waals surface area contributed by atoms with E-state index in [1.807, 2.05) is 31.2 Å². The lowest BCUT2D eigenvalue weighted by Crippen LogP contribution is -2.33. The number of aliphatic hydroxyl groups is 2. The summed E-state index contributed by atoms with van der Waals surface area (Å²) in [7, 11) is 0. The van der Waals surface area contributed by atoms with E-state index >= 15 is 0 Å². The molecule has 106 valence electrons. The lowest BCUT2D eigenvalue weighted by atomic mass is 10.2. The average Bonchev–Trinajstić information content (AvgIpc) is 2.45. The van der Waals surface area contributed by atoms with Crippen LogP contribution in [0.5, 0.6) is 5.75 Å². The normalized spacial score (nSPS) is 12.4. The van der Waals surface area contributed by atoms with Gasteiger partial charge in [-0.05, 0) is 12.6 Å². The number of likely N-dealkylation sites (N-methyl/N-ethyl adjacent to an activating group) is 1. The Balaban J connectivity index is 2.70. The second-order valence-corrected chi connectivity index (χ2v) is 4.37. The van der Waals surface area contributed by atoms with Gasteiger partial charge in [0.25, 0.3) is 0 Å². The molecule has 0 radical (unpaired) electrons. The van der Waals surface area contributed by atoms with Crippen molar-refractivity contribution in [1.82, 2.24) is 4.90 Å². The highest BCUT2D eigenvalue weighted by atomic mass is 16.5. The summed E-state index contributed by atoms with van der Waals surface area (Å²) in [4.78, 5) is 2.07. The van der Waals surface area contributed by atoms with Crippen molar-refractivity contribution < 1.29 is 14.9 Å². The van der Waals surface area contributed by atoms with E-state index in [1.165, 1.54) is 0 Å². The molecular formula is C15H23NO3. The number of hydrogen-bond donors (Lipinski definition) is 2. The van der Waals surface area contributed by atoms with Crippen LogP contribution in [0.4, 0.5) is 0 Å². The molecule has 1 unspecified atom stereocenters. The van der Waals surface area contributed by atoms with Crippen molar-refractivity contribution in [1.29, 1.82) is 0 Å². The van der Waals surface area contributed by atoms with Gasteiger partial charge in [-0.1, -0.05) is 37.8 Å². The minimum absolute atomic E-state index is 0.217. The van der Waals surface area contributed by atoms with Crippen LogP contribution in [0, 0.1) is 0 Å². The van der Waals surface area contributed by atoms with Crippen LogP contribution in [0.1, 0.15) is 12.5 Å². The van der Waals surface area contributed by atoms with Crippen molar-refractivity contribution in [2.75, 3.05) is 26.3 Å². The fourth-order valence-corrected chi connectivity index (χ4v) is 1.83. The smallest absolute Gasteiger partial charge is 0.124 e. The summed E-state index contributed by atoms with van der Waals surface area (Å²) in [6.45, 7) is 7.85. The van der Waals surface area contributed by atoms with Gasteiger partial charge >= 0.3 is 0 Å². The first kappa shape index (κ1) is 15.7. The summed E-state index contributed by atoms with van der Waals surface area (Å²) in [6, 6.07) is 7.83. The largest absolute Gasteiger partial charge is 0.489 e. The molecule has 0 aromatic heterocycles. The van der Waals surface area contributed by atoms with E-state index in [0.29, 0.717) is 19.7 Å². The van der Waals surface area contributed by atoms with E-state index in [0.717, 1.165) is 17.9 Å². The lowest BCUT2D eigenvalue weighted by Gasteiger charge is -2.23. The third-order valence-corrected chi connectivity index (χ3v) is 2.85. The zero-order valence-corrected chi connectivity index (χ0v) is 11.5. The molecule has 0 bridgehead atoms. The predicted octanol–water partition coefficient (Wildman–Crippen LogP) is 1.43. The van der Waals surface area contributed by atoms with Gasteiger partial charge in [-0.2, -0.15) is 0 Å². The van der Waals surface area contributed by atoms with Crippen LogP contribution in [-0.4, -0.2) is 47.5 Å². The highest BCUT2D eigenvalue weighted by Crippen LogP contribution is 2.20. The third kappa shape index (κ3) is 5.42. The Morgan fingerprint density at radius 1 is 1.42 bits per heavy atom. The molecule has 0 saturated carbocycles. The van der Waals surface area contributed by atoms with Gasteiger partial charge in [0.1, 0.15) is 12.4 Å². The molecule has 0 fully saturated rings. The summed E-state index contributed by atoms with van der Waals surface area (Å²) in [5.74, 6) is 0.833. The van der Waals surface area contributed by atoms with E-state index in [9.17, 15) is 5.11 Å². The standard InChI is InChI=1S/C15H23NO3/c1-3-9-19-15-8-6-5-7-13(15)10-16(4-2)11-14(18)12-17/h3,5-8,14,17-18H,1,4,9-12H2,2H3. The Labute approximate surface area is 114 Å². The molecule has 0 heterocycles. The van der Waals surface area contributed by atoms with Crippen molar-refractivity contribution in [3.05, 3.63) is 42.5 Å². The fraction of sp³-hybridized carbons (Fsp3) is 0.467. The summed E-state index contributed by atoms with van der Waals surface area (Å²) >= 11 is 0. The Morgan fingerprint density at radius 2 is 2.16 bits per heavy atom. The molecular weight excluding hydrogens is 242 g/mol. The first-order chi connectivity index (χ1) is 9.21. The summed E-state index contributed by atoms with van der Waals surface area (Å²) in [6.07, 6.45) is 1.00. The van der Waals surface area contributed by atoms with E-state index in [-0.39, 0.29) is 6.61 Å². The zero-order chi connectivity index (χ0) is 14.1. The molecule has 2 N–H and O–H groups in total. The zero-order valence-electron chi connectivity index (χ0n) is 11.5. The predicted molar refractivity (Wildman–Crippen MR) is 76.2 cm³/mol. The Hall–Kier alpha value is -1.36. The van der Waals surface area contributed by atoms with E-state index < -0.39 is 6.10 Å². The van der Waals surface area contributed by atoms with Gasteiger partial charge in [0.15, 0.2) is 0 Å². The SMILES string of the molecule is C=CCOc1ccccc1CN(CC)CC(O)CO. The van der Waals surface area contributed by atoms with Crippen molar-refractivity contribution in [2.45, 2.75) is 19.6 Å². The number of aliphatic hydroxyl groups excluding tert-OH is 2. The summed E-state index contributed by atoms with van der Waals surface area (Å²) in [5, 5.41) is 18.4. The lowest BCUT2D eigenvalue weighted by molar-refractivity contribution is 0.0582. The van der Waals surface area contributed by atoms with Gasteiger partial charge in [-0.3, -0.25) is 4.90 Å². The highest BCUT2D eigenvalue weighted by Gasteiger charge is 2.12. The second kappa shape index (κ2) is 8.69. The second-order valence-electron chi connectivity index (χ2n) is 4.37. The minimum Gasteiger partial charge on any atom is -0.489 e. The number of benzene rings is 1. The van der Waals surface area contributed by atoms with Gasteiger partial charge in [-0.25, -0.2) is 0 Å². The number of hydrogen-bond acceptors (Lipinski definition) is 4. The van der Waals surface area contributed by atoms with E-state index in [4.69, 9.17) is 9.84 Å². The molecule has 4 nitrogen and oxygen atoms in total. The van der Waals surface area contributed by atoms with Crippen molar-refractivity contribution in [3.63, 3.8) is 0 Å². The van der Waals surface area contributed by atoms with Crippen molar-refractivity contribution in [3.8, 4) is 5.75 Å². The van der Waals surface area contributed by atoms with Crippen LogP contribution in [-0.2, 0) is 6.54 Å². The maximum atomic E-state index is 9.51. The van der Waals surface area contributed by atoms with Gasteiger partial charge in [0.2, 0.25) is 0 Å². The molecule has 0 aliphatic carbocycles. The molecule has 4 heteroatoms. The number of ether oxygens (including phenoxy) is 1. The van der Waals surface area contributed by atoms with Gasteiger partial charge in [0, 0.05) is 18.7 Å². The average molecular weight is 265 g/mol. The van der Waals surface area contributed by atoms with Crippen LogP contribution in [0.15, 0.2) is 36.9 Å². The minimum atomic E-state index is -0.707. The maximum Gasteiger partial charge on any atom is 0.124 e. The fourth-order valence-electron chi connectivity index (χ4n) is 1.83. The Kier molecular flexibility index (Phi) is 7.18. The Morgan fingerprint density at radius 3 is 2.79 bits per heavy atom. The first-order valence-corrected chi connectivity index (χ1v) is 6.54. The molecule has 0 spiro atoms. The summed E-state index contributed by atoms with van der Waals surface area (Å²) < 4.78 is 5.61. The maximum absolute atomic E-state index is 9.51. The van der Waals surface area contributed by atoms with Crippen molar-refractivity contribution in [2.24, 2.45) is 0 Å². The molecule has 0 saturated heterocycles. The van der Waals surface area contributed by atoms with Gasteiger partial charge in [-0.15, -0.1) is 0 Å². The molecule has 1 aromatic rings. The van der Waals surface area contributed by atoms with E-state index in [1.54, 1.807) is 6.08 Å². The van der Waals surface area contributed by atoms with Gasteiger partial charge in [0.05, 0.1) is 12.7 Å². The number of rotatable bonds is 9. The monoisotopic (exact) mass is 265 g/mol. The highest BCUT2D eigenvalue weighted by molar-refractivity contribution is 5.33. The van der Waals surface area contributed by atoms with Gasteiger partial charge < -0.3 is 14.9 Å². The molecule has 0 amide bonds. The van der Waals surface area contributed by atoms with Crippen LogP contribution in [0.3, 0.4) is 0 Å². The number of para-hydroxylation sites is 1. The number of nitrogens with zero attached hydrogens (tertiary/aromatic N) is 1. The molecule has 0 aliphatic heterocycles. The first-order valence-electron chi connectivity index (χ1n) is 6.54. The molecule has 1 aromatic carbocycles. The molecule has 0 aliphatic rings. The van der Waals surface area contributed by atoms with Crippen LogP contribution in [0.25, 0.3) is 0 Å². The van der Waals surface area contributed by atoms with E-state index in [2.05, 4.69) is 11.5 Å². The Bertz CT molecular complexity index is 381. The van der Waals surface area contributed by atoms with Crippen LogP contribution in [0.2, 0.25) is 0 Å².